The summed E-state index contributed by atoms with van der Waals surface area (Å²) in [5.41, 5.74) is 0. The van der Waals surface area contributed by atoms with E-state index in [9.17, 15) is 4.21 Å². The minimum Gasteiger partial charge on any atom is -0.315 e. The quantitative estimate of drug-likeness (QED) is 0.592. The highest BCUT2D eigenvalue weighted by atomic mass is 32.2. The van der Waals surface area contributed by atoms with Crippen molar-refractivity contribution in [3.63, 3.8) is 0 Å². The van der Waals surface area contributed by atoms with E-state index in [1.807, 2.05) is 0 Å². The van der Waals surface area contributed by atoms with Gasteiger partial charge in [-0.15, -0.1) is 0 Å². The summed E-state index contributed by atoms with van der Waals surface area (Å²) in [5.74, 6) is 0.375. The van der Waals surface area contributed by atoms with Crippen LogP contribution in [-0.4, -0.2) is 52.1 Å². The van der Waals surface area contributed by atoms with Gasteiger partial charge in [0.15, 0.2) is 11.1 Å². The molecule has 0 spiro atoms. The summed E-state index contributed by atoms with van der Waals surface area (Å²) in [7, 11) is 0. The van der Waals surface area contributed by atoms with Crippen LogP contribution in [0.15, 0.2) is 0 Å². The Balaban J connectivity index is 2.16. The molecule has 4 nitrogen and oxygen atoms in total. The molecule has 0 amide bonds. The summed E-state index contributed by atoms with van der Waals surface area (Å²) in [5, 5.41) is 3.28. The van der Waals surface area contributed by atoms with Crippen LogP contribution in [0.3, 0.4) is 0 Å². The standard InChI is InChI=1S/C7H16N2O2S/c10-12(11)7-6-9-4-1-2-8-3-5-9/h8H,1-7H2,(H,10,11). The monoisotopic (exact) mass is 192 g/mol. The minimum absolute atomic E-state index is 0.375. The molecule has 1 aliphatic heterocycles. The Morgan fingerprint density at radius 3 is 3.00 bits per heavy atom. The smallest absolute Gasteiger partial charge is 0.154 e. The van der Waals surface area contributed by atoms with E-state index in [2.05, 4.69) is 10.2 Å². The van der Waals surface area contributed by atoms with Gasteiger partial charge in [-0.25, -0.2) is 4.21 Å². The first kappa shape index (κ1) is 10.1. The molecule has 1 atom stereocenters. The van der Waals surface area contributed by atoms with Crippen molar-refractivity contribution < 1.29 is 8.76 Å². The highest BCUT2D eigenvalue weighted by Gasteiger charge is 2.08. The molecule has 1 aliphatic rings. The van der Waals surface area contributed by atoms with Crippen LogP contribution in [0.4, 0.5) is 0 Å². The van der Waals surface area contributed by atoms with E-state index in [1.54, 1.807) is 0 Å². The molecule has 5 heteroatoms. The summed E-state index contributed by atoms with van der Waals surface area (Å²) in [6.45, 7) is 4.85. The average Bonchev–Trinajstić information content (AvgIpc) is 2.28. The first-order chi connectivity index (χ1) is 5.79. The number of rotatable bonds is 3. The van der Waals surface area contributed by atoms with Crippen molar-refractivity contribution in [1.29, 1.82) is 0 Å². The van der Waals surface area contributed by atoms with Gasteiger partial charge >= 0.3 is 0 Å². The molecule has 12 heavy (non-hydrogen) atoms. The van der Waals surface area contributed by atoms with Crippen LogP contribution in [-0.2, 0) is 11.1 Å². The van der Waals surface area contributed by atoms with Crippen LogP contribution in [0.25, 0.3) is 0 Å². The van der Waals surface area contributed by atoms with Gasteiger partial charge in [0.1, 0.15) is 0 Å². The van der Waals surface area contributed by atoms with Gasteiger partial charge in [0.25, 0.3) is 0 Å². The second-order valence-electron chi connectivity index (χ2n) is 2.97. The predicted molar refractivity (Wildman–Crippen MR) is 49.6 cm³/mol. The Hall–Kier alpha value is 0.0300. The zero-order valence-electron chi connectivity index (χ0n) is 7.16. The molecule has 1 unspecified atom stereocenters. The van der Waals surface area contributed by atoms with Gasteiger partial charge in [-0.05, 0) is 19.5 Å². The molecule has 72 valence electrons. The van der Waals surface area contributed by atoms with E-state index in [-0.39, 0.29) is 0 Å². The van der Waals surface area contributed by atoms with E-state index in [1.165, 1.54) is 0 Å². The molecule has 1 rings (SSSR count). The van der Waals surface area contributed by atoms with Crippen molar-refractivity contribution in [3.8, 4) is 0 Å². The van der Waals surface area contributed by atoms with Gasteiger partial charge in [0.2, 0.25) is 0 Å². The Morgan fingerprint density at radius 1 is 1.42 bits per heavy atom. The maximum Gasteiger partial charge on any atom is 0.154 e. The lowest BCUT2D eigenvalue weighted by Crippen LogP contribution is -2.31. The minimum atomic E-state index is -1.63. The lowest BCUT2D eigenvalue weighted by atomic mass is 10.4. The van der Waals surface area contributed by atoms with Gasteiger partial charge < -0.3 is 14.8 Å². The third kappa shape index (κ3) is 4.15. The number of nitrogens with one attached hydrogen (secondary N) is 1. The number of hydrogen-bond donors (Lipinski definition) is 2. The Kier molecular flexibility index (Phi) is 4.75. The summed E-state index contributed by atoms with van der Waals surface area (Å²) in [6.07, 6.45) is 1.14. The molecule has 0 aliphatic carbocycles. The fraction of sp³-hybridized carbons (Fsp3) is 1.00. The first-order valence-corrected chi connectivity index (χ1v) is 5.57. The zero-order chi connectivity index (χ0) is 8.81. The Bertz CT molecular complexity index is 146. The zero-order valence-corrected chi connectivity index (χ0v) is 7.98. The molecule has 0 bridgehead atoms. The van der Waals surface area contributed by atoms with E-state index in [4.69, 9.17) is 4.55 Å². The van der Waals surface area contributed by atoms with Crippen LogP contribution in [0, 0.1) is 0 Å². The molecule has 0 aromatic rings. The third-order valence-corrected chi connectivity index (χ3v) is 2.55. The average molecular weight is 192 g/mol. The molecule has 2 N–H and O–H groups in total. The highest BCUT2D eigenvalue weighted by Crippen LogP contribution is 1.94. The van der Waals surface area contributed by atoms with Crippen LogP contribution in [0.5, 0.6) is 0 Å². The SMILES string of the molecule is O=S(O)CCN1CCCNCC1. The molecule has 1 fully saturated rings. The summed E-state index contributed by atoms with van der Waals surface area (Å²) < 4.78 is 19.0. The molecule has 0 radical (unpaired) electrons. The van der Waals surface area contributed by atoms with Crippen LogP contribution >= 0.6 is 0 Å². The summed E-state index contributed by atoms with van der Waals surface area (Å²) in [6, 6.07) is 0. The molecular formula is C7H16N2O2S. The lowest BCUT2D eigenvalue weighted by molar-refractivity contribution is 0.309. The number of hydrogen-bond acceptors (Lipinski definition) is 3. The van der Waals surface area contributed by atoms with Gasteiger partial charge in [0, 0.05) is 19.6 Å². The fourth-order valence-electron chi connectivity index (χ4n) is 1.33. The highest BCUT2D eigenvalue weighted by molar-refractivity contribution is 7.79. The fourth-order valence-corrected chi connectivity index (χ4v) is 1.75. The Morgan fingerprint density at radius 2 is 2.25 bits per heavy atom. The molecule has 0 aromatic heterocycles. The second kappa shape index (κ2) is 5.64. The first-order valence-electron chi connectivity index (χ1n) is 4.29. The van der Waals surface area contributed by atoms with Gasteiger partial charge in [-0.1, -0.05) is 0 Å². The van der Waals surface area contributed by atoms with Crippen molar-refractivity contribution in [1.82, 2.24) is 10.2 Å². The molecule has 1 saturated heterocycles. The van der Waals surface area contributed by atoms with E-state index >= 15 is 0 Å². The molecule has 1 heterocycles. The Labute approximate surface area is 75.6 Å². The molecular weight excluding hydrogens is 176 g/mol. The maximum atomic E-state index is 10.4. The number of nitrogens with zero attached hydrogens (tertiary/aromatic N) is 1. The third-order valence-electron chi connectivity index (χ3n) is 2.01. The van der Waals surface area contributed by atoms with Crippen molar-refractivity contribution in [2.75, 3.05) is 38.5 Å². The van der Waals surface area contributed by atoms with E-state index < -0.39 is 11.1 Å². The van der Waals surface area contributed by atoms with Crippen LogP contribution in [0.2, 0.25) is 0 Å². The van der Waals surface area contributed by atoms with Crippen molar-refractivity contribution in [3.05, 3.63) is 0 Å². The second-order valence-corrected chi connectivity index (χ2v) is 4.02. The van der Waals surface area contributed by atoms with Crippen LogP contribution < -0.4 is 5.32 Å². The normalized spacial score (nSPS) is 23.4. The van der Waals surface area contributed by atoms with E-state index in [0.717, 1.165) is 39.1 Å². The molecule has 0 saturated carbocycles. The van der Waals surface area contributed by atoms with Crippen LogP contribution in [0.1, 0.15) is 6.42 Å². The van der Waals surface area contributed by atoms with Crippen molar-refractivity contribution >= 4 is 11.1 Å². The summed E-state index contributed by atoms with van der Waals surface area (Å²) in [4.78, 5) is 2.23. The van der Waals surface area contributed by atoms with Crippen molar-refractivity contribution in [2.45, 2.75) is 6.42 Å². The van der Waals surface area contributed by atoms with Gasteiger partial charge in [-0.2, -0.15) is 0 Å². The summed E-state index contributed by atoms with van der Waals surface area (Å²) >= 11 is -1.63. The van der Waals surface area contributed by atoms with E-state index in [0.29, 0.717) is 5.75 Å². The van der Waals surface area contributed by atoms with Crippen molar-refractivity contribution in [2.24, 2.45) is 0 Å². The topological polar surface area (TPSA) is 52.6 Å². The predicted octanol–water partition coefficient (Wildman–Crippen LogP) is -0.497. The maximum absolute atomic E-state index is 10.4. The lowest BCUT2D eigenvalue weighted by Gasteiger charge is -2.17. The molecule has 0 aromatic carbocycles. The van der Waals surface area contributed by atoms with Gasteiger partial charge in [0.05, 0.1) is 5.75 Å². The van der Waals surface area contributed by atoms with Gasteiger partial charge in [-0.3, -0.25) is 0 Å². The largest absolute Gasteiger partial charge is 0.315 e.